The molecule has 1 aromatic carbocycles. The van der Waals surface area contributed by atoms with Crippen molar-refractivity contribution in [3.8, 4) is 0 Å². The van der Waals surface area contributed by atoms with E-state index in [1.165, 1.54) is 24.3 Å². The SMILES string of the molecule is O=C(Nc1cc(C2CC2)n[nH]1)c1ccc(F)cc1. The molecule has 0 unspecified atom stereocenters. The number of hydrogen-bond donors (Lipinski definition) is 2. The Labute approximate surface area is 103 Å². The Morgan fingerprint density at radius 1 is 1.33 bits per heavy atom. The molecule has 1 heterocycles. The van der Waals surface area contributed by atoms with Crippen molar-refractivity contribution >= 4 is 11.7 Å². The molecule has 2 N–H and O–H groups in total. The van der Waals surface area contributed by atoms with Crippen LogP contribution in [0.15, 0.2) is 30.3 Å². The van der Waals surface area contributed by atoms with Crippen molar-refractivity contribution in [2.45, 2.75) is 18.8 Å². The highest BCUT2D eigenvalue weighted by Crippen LogP contribution is 2.39. The topological polar surface area (TPSA) is 57.8 Å². The van der Waals surface area contributed by atoms with Gasteiger partial charge in [-0.1, -0.05) is 0 Å². The van der Waals surface area contributed by atoms with Crippen molar-refractivity contribution in [1.82, 2.24) is 10.2 Å². The molecule has 1 aliphatic carbocycles. The van der Waals surface area contributed by atoms with Crippen molar-refractivity contribution in [2.24, 2.45) is 0 Å². The summed E-state index contributed by atoms with van der Waals surface area (Å²) in [5, 5.41) is 9.62. The molecule has 0 radical (unpaired) electrons. The summed E-state index contributed by atoms with van der Waals surface area (Å²) in [5.74, 6) is 0.481. The Balaban J connectivity index is 1.70. The number of hydrogen-bond acceptors (Lipinski definition) is 2. The smallest absolute Gasteiger partial charge is 0.256 e. The van der Waals surface area contributed by atoms with Gasteiger partial charge in [-0.15, -0.1) is 0 Å². The minimum atomic E-state index is -0.357. The van der Waals surface area contributed by atoms with Gasteiger partial charge in [-0.25, -0.2) is 4.39 Å². The van der Waals surface area contributed by atoms with Gasteiger partial charge in [-0.2, -0.15) is 5.10 Å². The Morgan fingerprint density at radius 2 is 2.06 bits per heavy atom. The molecule has 5 heteroatoms. The van der Waals surface area contributed by atoms with Crippen molar-refractivity contribution in [1.29, 1.82) is 0 Å². The highest BCUT2D eigenvalue weighted by molar-refractivity contribution is 6.03. The van der Waals surface area contributed by atoms with E-state index < -0.39 is 0 Å². The molecule has 1 saturated carbocycles. The predicted molar refractivity (Wildman–Crippen MR) is 64.9 cm³/mol. The Bertz CT molecular complexity index is 572. The van der Waals surface area contributed by atoms with E-state index >= 15 is 0 Å². The highest BCUT2D eigenvalue weighted by atomic mass is 19.1. The normalized spacial score (nSPS) is 14.5. The largest absolute Gasteiger partial charge is 0.307 e. The van der Waals surface area contributed by atoms with Crippen molar-refractivity contribution in [3.63, 3.8) is 0 Å². The molecule has 0 aliphatic heterocycles. The van der Waals surface area contributed by atoms with E-state index in [1.807, 2.05) is 6.07 Å². The van der Waals surface area contributed by atoms with Crippen LogP contribution in [0.1, 0.15) is 34.8 Å². The number of anilines is 1. The van der Waals surface area contributed by atoms with Crippen LogP contribution >= 0.6 is 0 Å². The van der Waals surface area contributed by atoms with Gasteiger partial charge >= 0.3 is 0 Å². The minimum Gasteiger partial charge on any atom is -0.307 e. The van der Waals surface area contributed by atoms with Gasteiger partial charge in [-0.05, 0) is 37.1 Å². The molecule has 3 rings (SSSR count). The number of amides is 1. The van der Waals surface area contributed by atoms with Crippen LogP contribution in [-0.2, 0) is 0 Å². The standard InChI is InChI=1S/C13H12FN3O/c14-10-5-3-9(4-6-10)13(18)15-12-7-11(16-17-12)8-1-2-8/h3-8H,1-2H2,(H2,15,16,17,18). The maximum absolute atomic E-state index is 12.7. The minimum absolute atomic E-state index is 0.277. The second-order valence-electron chi connectivity index (χ2n) is 4.44. The third-order valence-corrected chi connectivity index (χ3v) is 2.95. The van der Waals surface area contributed by atoms with E-state index in [-0.39, 0.29) is 11.7 Å². The fourth-order valence-corrected chi connectivity index (χ4v) is 1.79. The number of carbonyl (C=O) groups is 1. The van der Waals surface area contributed by atoms with Crippen LogP contribution < -0.4 is 5.32 Å². The van der Waals surface area contributed by atoms with Crippen LogP contribution in [0.3, 0.4) is 0 Å². The first-order valence-electron chi connectivity index (χ1n) is 5.84. The summed E-state index contributed by atoms with van der Waals surface area (Å²) in [4.78, 5) is 11.8. The summed E-state index contributed by atoms with van der Waals surface area (Å²) in [6.45, 7) is 0. The van der Waals surface area contributed by atoms with Crippen LogP contribution in [0.25, 0.3) is 0 Å². The van der Waals surface area contributed by atoms with Gasteiger partial charge in [0.1, 0.15) is 11.6 Å². The molecule has 92 valence electrons. The number of aromatic amines is 1. The van der Waals surface area contributed by atoms with Crippen LogP contribution in [0.4, 0.5) is 10.2 Å². The Kier molecular flexibility index (Phi) is 2.59. The maximum atomic E-state index is 12.7. The number of halogens is 1. The second-order valence-corrected chi connectivity index (χ2v) is 4.44. The molecule has 1 aromatic heterocycles. The zero-order valence-electron chi connectivity index (χ0n) is 9.61. The van der Waals surface area contributed by atoms with Gasteiger partial charge in [-0.3, -0.25) is 9.89 Å². The average molecular weight is 245 g/mol. The molecule has 18 heavy (non-hydrogen) atoms. The van der Waals surface area contributed by atoms with E-state index in [1.54, 1.807) is 0 Å². The maximum Gasteiger partial charge on any atom is 0.256 e. The van der Waals surface area contributed by atoms with E-state index in [0.717, 1.165) is 18.5 Å². The summed E-state index contributed by atoms with van der Waals surface area (Å²) in [6, 6.07) is 7.26. The van der Waals surface area contributed by atoms with Crippen molar-refractivity contribution in [3.05, 3.63) is 47.4 Å². The van der Waals surface area contributed by atoms with Gasteiger partial charge in [0.25, 0.3) is 5.91 Å². The number of carbonyl (C=O) groups excluding carboxylic acids is 1. The quantitative estimate of drug-likeness (QED) is 0.873. The number of nitrogens with one attached hydrogen (secondary N) is 2. The number of rotatable bonds is 3. The van der Waals surface area contributed by atoms with Gasteiger partial charge < -0.3 is 5.32 Å². The number of benzene rings is 1. The third-order valence-electron chi connectivity index (χ3n) is 2.95. The van der Waals surface area contributed by atoms with Crippen LogP contribution in [0.5, 0.6) is 0 Å². The molecule has 4 nitrogen and oxygen atoms in total. The van der Waals surface area contributed by atoms with E-state index in [4.69, 9.17) is 0 Å². The third kappa shape index (κ3) is 2.25. The summed E-state index contributed by atoms with van der Waals surface area (Å²) >= 11 is 0. The lowest BCUT2D eigenvalue weighted by Crippen LogP contribution is -2.12. The average Bonchev–Trinajstić information content (AvgIpc) is 3.11. The van der Waals surface area contributed by atoms with Gasteiger partial charge in [0.2, 0.25) is 0 Å². The first kappa shape index (κ1) is 11.0. The number of nitrogens with zero attached hydrogens (tertiary/aromatic N) is 1. The molecule has 1 amide bonds. The second kappa shape index (κ2) is 4.25. The zero-order chi connectivity index (χ0) is 12.5. The van der Waals surface area contributed by atoms with Crippen LogP contribution in [0.2, 0.25) is 0 Å². The zero-order valence-corrected chi connectivity index (χ0v) is 9.61. The monoisotopic (exact) mass is 245 g/mol. The Morgan fingerprint density at radius 3 is 2.72 bits per heavy atom. The highest BCUT2D eigenvalue weighted by Gasteiger charge is 2.26. The van der Waals surface area contributed by atoms with Gasteiger partial charge in [0.15, 0.2) is 0 Å². The first-order valence-corrected chi connectivity index (χ1v) is 5.84. The summed E-state index contributed by atoms with van der Waals surface area (Å²) < 4.78 is 12.7. The molecule has 0 spiro atoms. The molecule has 1 aliphatic rings. The molecule has 0 bridgehead atoms. The van der Waals surface area contributed by atoms with E-state index in [9.17, 15) is 9.18 Å². The van der Waals surface area contributed by atoms with Crippen LogP contribution in [0, 0.1) is 5.82 Å². The van der Waals surface area contributed by atoms with Gasteiger partial charge in [0, 0.05) is 17.5 Å². The molecule has 1 fully saturated rings. The lowest BCUT2D eigenvalue weighted by molar-refractivity contribution is 0.102. The predicted octanol–water partition coefficient (Wildman–Crippen LogP) is 2.68. The first-order chi connectivity index (χ1) is 8.72. The molecular weight excluding hydrogens is 233 g/mol. The molecular formula is C13H12FN3O. The van der Waals surface area contributed by atoms with Gasteiger partial charge in [0.05, 0.1) is 5.69 Å². The van der Waals surface area contributed by atoms with E-state index in [0.29, 0.717) is 17.3 Å². The van der Waals surface area contributed by atoms with Crippen LogP contribution in [-0.4, -0.2) is 16.1 Å². The molecule has 2 aromatic rings. The summed E-state index contributed by atoms with van der Waals surface area (Å²) in [6.07, 6.45) is 2.33. The summed E-state index contributed by atoms with van der Waals surface area (Å²) in [7, 11) is 0. The number of aromatic nitrogens is 2. The lowest BCUT2D eigenvalue weighted by atomic mass is 10.2. The molecule has 0 atom stereocenters. The molecule has 0 saturated heterocycles. The fraction of sp³-hybridized carbons (Fsp3) is 0.231. The number of H-pyrrole nitrogens is 1. The summed E-state index contributed by atoms with van der Waals surface area (Å²) in [5.41, 5.74) is 1.41. The lowest BCUT2D eigenvalue weighted by Gasteiger charge is -2.01. The van der Waals surface area contributed by atoms with Crippen molar-refractivity contribution in [2.75, 3.05) is 5.32 Å². The Hall–Kier alpha value is -2.17. The fourth-order valence-electron chi connectivity index (χ4n) is 1.79. The van der Waals surface area contributed by atoms with Crippen molar-refractivity contribution < 1.29 is 9.18 Å². The van der Waals surface area contributed by atoms with E-state index in [2.05, 4.69) is 15.5 Å².